The number of methoxy groups -OCH3 is 1. The zero-order valence-corrected chi connectivity index (χ0v) is 17.5. The van der Waals surface area contributed by atoms with Crippen LogP contribution in [0, 0.1) is 0 Å². The van der Waals surface area contributed by atoms with E-state index in [0.29, 0.717) is 12.6 Å². The van der Waals surface area contributed by atoms with Gasteiger partial charge in [-0.2, -0.15) is 5.10 Å². The Labute approximate surface area is 177 Å². The van der Waals surface area contributed by atoms with Crippen LogP contribution in [0.1, 0.15) is 12.1 Å². The van der Waals surface area contributed by atoms with Gasteiger partial charge in [-0.3, -0.25) is 4.99 Å². The molecule has 2 aromatic carbocycles. The van der Waals surface area contributed by atoms with Crippen LogP contribution in [-0.4, -0.2) is 49.0 Å². The molecule has 30 heavy (non-hydrogen) atoms. The summed E-state index contributed by atoms with van der Waals surface area (Å²) in [4.78, 5) is 6.78. The first-order chi connectivity index (χ1) is 14.7. The Balaban J connectivity index is 1.29. The van der Waals surface area contributed by atoms with Gasteiger partial charge in [0.2, 0.25) is 0 Å². The molecule has 1 aromatic heterocycles. The molecule has 0 radical (unpaired) electrons. The van der Waals surface area contributed by atoms with E-state index in [1.807, 2.05) is 41.2 Å². The molecule has 0 saturated carbocycles. The minimum atomic E-state index is 0.369. The molecule has 1 unspecified atom stereocenters. The van der Waals surface area contributed by atoms with Gasteiger partial charge in [-0.05, 0) is 48.9 Å². The lowest BCUT2D eigenvalue weighted by atomic mass is 10.3. The van der Waals surface area contributed by atoms with E-state index in [1.54, 1.807) is 14.2 Å². The summed E-state index contributed by atoms with van der Waals surface area (Å²) in [5.74, 6) is 1.63. The molecule has 1 saturated heterocycles. The van der Waals surface area contributed by atoms with Gasteiger partial charge in [-0.15, -0.1) is 0 Å². The zero-order valence-electron chi connectivity index (χ0n) is 17.5. The molecule has 1 aliphatic rings. The van der Waals surface area contributed by atoms with Crippen molar-refractivity contribution in [3.05, 3.63) is 72.6 Å². The molecular formula is C23H28N6O. The van der Waals surface area contributed by atoms with E-state index in [9.17, 15) is 0 Å². The molecule has 4 rings (SSSR count). The van der Waals surface area contributed by atoms with Gasteiger partial charge in [0.1, 0.15) is 5.75 Å². The standard InChI is InChI=1S/C23H28N6O/c1-24-23(26-19-12-14-28(17-19)20-6-4-3-5-7-20)25-16-18-13-15-29(27-18)21-8-10-22(30-2)11-9-21/h3-11,13,15,19H,12,14,16-17H2,1-2H3,(H2,24,25,26). The second-order valence-electron chi connectivity index (χ2n) is 7.29. The van der Waals surface area contributed by atoms with Gasteiger partial charge < -0.3 is 20.3 Å². The van der Waals surface area contributed by atoms with E-state index in [4.69, 9.17) is 4.74 Å². The number of hydrogen-bond acceptors (Lipinski definition) is 4. The number of guanidine groups is 1. The third kappa shape index (κ3) is 4.74. The van der Waals surface area contributed by atoms with Gasteiger partial charge in [0.15, 0.2) is 5.96 Å². The first-order valence-electron chi connectivity index (χ1n) is 10.2. The number of anilines is 1. The van der Waals surface area contributed by atoms with Crippen LogP contribution in [0.15, 0.2) is 71.9 Å². The SMILES string of the molecule is CN=C(NCc1ccn(-c2ccc(OC)cc2)n1)NC1CCN(c2ccccc2)C1. The number of hydrogen-bond donors (Lipinski definition) is 2. The number of benzene rings is 2. The van der Waals surface area contributed by atoms with Gasteiger partial charge in [-0.1, -0.05) is 18.2 Å². The Bertz CT molecular complexity index is 967. The molecule has 1 atom stereocenters. The average molecular weight is 405 g/mol. The maximum atomic E-state index is 5.21. The van der Waals surface area contributed by atoms with E-state index < -0.39 is 0 Å². The van der Waals surface area contributed by atoms with Crippen LogP contribution < -0.4 is 20.3 Å². The lowest BCUT2D eigenvalue weighted by Gasteiger charge is -2.20. The molecule has 1 fully saturated rings. The van der Waals surface area contributed by atoms with Crippen molar-refractivity contribution in [1.29, 1.82) is 0 Å². The van der Waals surface area contributed by atoms with Crippen LogP contribution in [0.5, 0.6) is 5.75 Å². The van der Waals surface area contributed by atoms with Crippen molar-refractivity contribution in [2.45, 2.75) is 19.0 Å². The van der Waals surface area contributed by atoms with Crippen LogP contribution in [0.4, 0.5) is 5.69 Å². The smallest absolute Gasteiger partial charge is 0.191 e. The number of rotatable bonds is 6. The maximum absolute atomic E-state index is 5.21. The Morgan fingerprint density at radius 1 is 1.10 bits per heavy atom. The minimum Gasteiger partial charge on any atom is -0.497 e. The van der Waals surface area contributed by atoms with Crippen LogP contribution in [-0.2, 0) is 6.54 Å². The lowest BCUT2D eigenvalue weighted by molar-refractivity contribution is 0.414. The number of ether oxygens (including phenoxy) is 1. The monoisotopic (exact) mass is 404 g/mol. The van der Waals surface area contributed by atoms with Gasteiger partial charge in [0, 0.05) is 38.1 Å². The molecule has 2 N–H and O–H groups in total. The Morgan fingerprint density at radius 3 is 2.63 bits per heavy atom. The van der Waals surface area contributed by atoms with E-state index in [2.05, 4.69) is 56.0 Å². The third-order valence-electron chi connectivity index (χ3n) is 5.29. The molecule has 0 aliphatic carbocycles. The number of aromatic nitrogens is 2. The highest BCUT2D eigenvalue weighted by Crippen LogP contribution is 2.19. The second-order valence-corrected chi connectivity index (χ2v) is 7.29. The first-order valence-corrected chi connectivity index (χ1v) is 10.2. The topological polar surface area (TPSA) is 66.7 Å². The highest BCUT2D eigenvalue weighted by atomic mass is 16.5. The molecule has 2 heterocycles. The number of para-hydroxylation sites is 1. The van der Waals surface area contributed by atoms with Crippen molar-refractivity contribution in [2.24, 2.45) is 4.99 Å². The fourth-order valence-electron chi connectivity index (χ4n) is 3.65. The predicted octanol–water partition coefficient (Wildman–Crippen LogP) is 2.82. The number of aliphatic imine (C=N–C) groups is 1. The largest absolute Gasteiger partial charge is 0.497 e. The van der Waals surface area contributed by atoms with E-state index >= 15 is 0 Å². The molecule has 0 amide bonds. The van der Waals surface area contributed by atoms with Crippen molar-refractivity contribution in [2.75, 3.05) is 32.1 Å². The summed E-state index contributed by atoms with van der Waals surface area (Å²) in [5.41, 5.74) is 3.22. The van der Waals surface area contributed by atoms with Crippen LogP contribution >= 0.6 is 0 Å². The molecule has 0 spiro atoms. The van der Waals surface area contributed by atoms with Crippen molar-refractivity contribution in [3.63, 3.8) is 0 Å². The highest BCUT2D eigenvalue weighted by molar-refractivity contribution is 5.80. The fourth-order valence-corrected chi connectivity index (χ4v) is 3.65. The summed E-state index contributed by atoms with van der Waals surface area (Å²) in [7, 11) is 3.47. The molecule has 156 valence electrons. The molecule has 7 nitrogen and oxygen atoms in total. The van der Waals surface area contributed by atoms with Crippen LogP contribution in [0.25, 0.3) is 5.69 Å². The molecule has 3 aromatic rings. The Kier molecular flexibility index (Phi) is 6.17. The predicted molar refractivity (Wildman–Crippen MR) is 121 cm³/mol. The van der Waals surface area contributed by atoms with Crippen molar-refractivity contribution in [3.8, 4) is 11.4 Å². The second kappa shape index (κ2) is 9.35. The summed E-state index contributed by atoms with van der Waals surface area (Å²) in [5, 5.41) is 11.6. The van der Waals surface area contributed by atoms with Crippen LogP contribution in [0.2, 0.25) is 0 Å². The molecule has 7 heteroatoms. The summed E-state index contributed by atoms with van der Waals surface area (Å²) in [6, 6.07) is 20.8. The van der Waals surface area contributed by atoms with E-state index in [1.165, 1.54) is 5.69 Å². The summed E-state index contributed by atoms with van der Waals surface area (Å²) in [6.45, 7) is 2.62. The van der Waals surface area contributed by atoms with Gasteiger partial charge in [-0.25, -0.2) is 4.68 Å². The van der Waals surface area contributed by atoms with E-state index in [-0.39, 0.29) is 0 Å². The van der Waals surface area contributed by atoms with Gasteiger partial charge in [0.05, 0.1) is 25.0 Å². The number of nitrogens with one attached hydrogen (secondary N) is 2. The fraction of sp³-hybridized carbons (Fsp3) is 0.304. The summed E-state index contributed by atoms with van der Waals surface area (Å²) >= 11 is 0. The Hall–Kier alpha value is -3.48. The molecular weight excluding hydrogens is 376 g/mol. The lowest BCUT2D eigenvalue weighted by Crippen LogP contribution is -2.44. The van der Waals surface area contributed by atoms with Crippen molar-refractivity contribution >= 4 is 11.6 Å². The summed E-state index contributed by atoms with van der Waals surface area (Å²) < 4.78 is 7.07. The quantitative estimate of drug-likeness (QED) is 0.489. The average Bonchev–Trinajstić information content (AvgIpc) is 3.47. The maximum Gasteiger partial charge on any atom is 0.191 e. The first kappa shape index (κ1) is 19.8. The van der Waals surface area contributed by atoms with Crippen LogP contribution in [0.3, 0.4) is 0 Å². The normalized spacial score (nSPS) is 16.5. The third-order valence-corrected chi connectivity index (χ3v) is 5.29. The highest BCUT2D eigenvalue weighted by Gasteiger charge is 2.23. The Morgan fingerprint density at radius 2 is 1.90 bits per heavy atom. The zero-order chi connectivity index (χ0) is 20.8. The molecule has 0 bridgehead atoms. The van der Waals surface area contributed by atoms with Gasteiger partial charge >= 0.3 is 0 Å². The minimum absolute atomic E-state index is 0.369. The van der Waals surface area contributed by atoms with Crippen molar-refractivity contribution in [1.82, 2.24) is 20.4 Å². The van der Waals surface area contributed by atoms with Crippen molar-refractivity contribution < 1.29 is 4.74 Å². The van der Waals surface area contributed by atoms with Gasteiger partial charge in [0.25, 0.3) is 0 Å². The molecule has 1 aliphatic heterocycles. The number of nitrogens with zero attached hydrogens (tertiary/aromatic N) is 4. The summed E-state index contributed by atoms with van der Waals surface area (Å²) in [6.07, 6.45) is 3.05. The van der Waals surface area contributed by atoms with E-state index in [0.717, 1.165) is 42.6 Å².